The number of hydrogen-bond donors (Lipinski definition) is 1. The molecular weight excluding hydrogens is 162 g/mol. The van der Waals surface area contributed by atoms with Gasteiger partial charge in [0.05, 0.1) is 0 Å². The predicted octanol–water partition coefficient (Wildman–Crippen LogP) is 1.75. The normalized spacial score (nSPS) is 8.31. The lowest BCUT2D eigenvalue weighted by molar-refractivity contribution is 1.17. The van der Waals surface area contributed by atoms with E-state index in [4.69, 9.17) is 5.73 Å². The van der Waals surface area contributed by atoms with Gasteiger partial charge >= 0.3 is 0 Å². The third-order valence-corrected chi connectivity index (χ3v) is 1.28. The SMILES string of the molecule is Nc1ccccc1.c1cncnc1. The number of para-hydroxylation sites is 1. The quantitative estimate of drug-likeness (QED) is 0.617. The smallest absolute Gasteiger partial charge is 0.115 e. The average Bonchev–Trinajstić information content (AvgIpc) is 2.22. The van der Waals surface area contributed by atoms with Crippen molar-refractivity contribution in [3.8, 4) is 0 Å². The van der Waals surface area contributed by atoms with Gasteiger partial charge in [-0.15, -0.1) is 0 Å². The van der Waals surface area contributed by atoms with Crippen molar-refractivity contribution in [2.45, 2.75) is 0 Å². The predicted molar refractivity (Wildman–Crippen MR) is 52.9 cm³/mol. The van der Waals surface area contributed by atoms with Crippen molar-refractivity contribution >= 4 is 5.69 Å². The zero-order valence-electron chi connectivity index (χ0n) is 7.17. The Kier molecular flexibility index (Phi) is 4.04. The summed E-state index contributed by atoms with van der Waals surface area (Å²) in [7, 11) is 0. The van der Waals surface area contributed by atoms with Gasteiger partial charge in [-0.05, 0) is 18.2 Å². The van der Waals surface area contributed by atoms with Crippen LogP contribution in [0.2, 0.25) is 0 Å². The highest BCUT2D eigenvalue weighted by atomic mass is 14.8. The molecule has 0 amide bonds. The molecule has 0 spiro atoms. The van der Waals surface area contributed by atoms with Crippen molar-refractivity contribution in [1.29, 1.82) is 0 Å². The Hall–Kier alpha value is -1.90. The molecule has 0 saturated heterocycles. The molecule has 66 valence electrons. The van der Waals surface area contributed by atoms with E-state index in [9.17, 15) is 0 Å². The summed E-state index contributed by atoms with van der Waals surface area (Å²) in [5.41, 5.74) is 6.18. The lowest BCUT2D eigenvalue weighted by atomic mass is 10.3. The summed E-state index contributed by atoms with van der Waals surface area (Å²) in [5.74, 6) is 0. The van der Waals surface area contributed by atoms with Gasteiger partial charge in [0.25, 0.3) is 0 Å². The zero-order valence-corrected chi connectivity index (χ0v) is 7.17. The zero-order chi connectivity index (χ0) is 9.36. The van der Waals surface area contributed by atoms with Gasteiger partial charge in [0.2, 0.25) is 0 Å². The minimum Gasteiger partial charge on any atom is -0.399 e. The molecule has 1 heterocycles. The second kappa shape index (κ2) is 5.71. The first-order valence-electron chi connectivity index (χ1n) is 3.90. The summed E-state index contributed by atoms with van der Waals surface area (Å²) < 4.78 is 0. The molecule has 3 nitrogen and oxygen atoms in total. The van der Waals surface area contributed by atoms with Crippen LogP contribution in [-0.4, -0.2) is 9.97 Å². The maximum atomic E-state index is 5.36. The molecule has 0 aliphatic carbocycles. The van der Waals surface area contributed by atoms with Gasteiger partial charge in [-0.3, -0.25) is 0 Å². The number of hydrogen-bond acceptors (Lipinski definition) is 3. The highest BCUT2D eigenvalue weighted by Crippen LogP contribution is 1.95. The van der Waals surface area contributed by atoms with E-state index in [1.54, 1.807) is 18.5 Å². The van der Waals surface area contributed by atoms with Crippen LogP contribution in [0.4, 0.5) is 5.69 Å². The van der Waals surface area contributed by atoms with Crippen LogP contribution >= 0.6 is 0 Å². The minimum absolute atomic E-state index is 0.822. The Labute approximate surface area is 77.3 Å². The largest absolute Gasteiger partial charge is 0.399 e. The molecule has 2 aromatic rings. The first-order chi connectivity index (χ1) is 6.39. The fourth-order valence-corrected chi connectivity index (χ4v) is 0.706. The molecule has 0 saturated carbocycles. The van der Waals surface area contributed by atoms with Gasteiger partial charge in [-0.2, -0.15) is 0 Å². The molecule has 0 radical (unpaired) electrons. The molecular formula is C10H11N3. The van der Waals surface area contributed by atoms with Crippen molar-refractivity contribution < 1.29 is 0 Å². The first-order valence-corrected chi connectivity index (χ1v) is 3.90. The van der Waals surface area contributed by atoms with Gasteiger partial charge in [0.1, 0.15) is 6.33 Å². The van der Waals surface area contributed by atoms with Crippen molar-refractivity contribution in [1.82, 2.24) is 9.97 Å². The fourth-order valence-electron chi connectivity index (χ4n) is 0.706. The summed E-state index contributed by atoms with van der Waals surface area (Å²) in [4.78, 5) is 7.35. The van der Waals surface area contributed by atoms with Crippen molar-refractivity contribution in [2.75, 3.05) is 5.73 Å². The first kappa shape index (κ1) is 9.19. The molecule has 13 heavy (non-hydrogen) atoms. The monoisotopic (exact) mass is 173 g/mol. The van der Waals surface area contributed by atoms with Crippen molar-refractivity contribution in [2.24, 2.45) is 0 Å². The number of nitrogens with zero attached hydrogens (tertiary/aromatic N) is 2. The van der Waals surface area contributed by atoms with E-state index >= 15 is 0 Å². The summed E-state index contributed by atoms with van der Waals surface area (Å²) in [5, 5.41) is 0. The second-order valence-corrected chi connectivity index (χ2v) is 2.31. The maximum absolute atomic E-state index is 5.36. The molecule has 2 rings (SSSR count). The number of nitrogen functional groups attached to an aromatic ring is 1. The van der Waals surface area contributed by atoms with Crippen LogP contribution in [0.5, 0.6) is 0 Å². The minimum atomic E-state index is 0.822. The third-order valence-electron chi connectivity index (χ3n) is 1.28. The van der Waals surface area contributed by atoms with E-state index in [1.165, 1.54) is 6.33 Å². The fraction of sp³-hybridized carbons (Fsp3) is 0. The van der Waals surface area contributed by atoms with Crippen LogP contribution in [0.15, 0.2) is 55.1 Å². The molecule has 0 aliphatic heterocycles. The second-order valence-electron chi connectivity index (χ2n) is 2.31. The van der Waals surface area contributed by atoms with Gasteiger partial charge in [0.15, 0.2) is 0 Å². The van der Waals surface area contributed by atoms with E-state index in [1.807, 2.05) is 30.3 Å². The molecule has 0 aliphatic rings. The summed E-state index contributed by atoms with van der Waals surface area (Å²) >= 11 is 0. The van der Waals surface area contributed by atoms with E-state index in [-0.39, 0.29) is 0 Å². The number of anilines is 1. The van der Waals surface area contributed by atoms with Crippen LogP contribution in [0.25, 0.3) is 0 Å². The molecule has 0 unspecified atom stereocenters. The Bertz CT molecular complexity index is 281. The molecule has 2 N–H and O–H groups in total. The number of rotatable bonds is 0. The van der Waals surface area contributed by atoms with E-state index < -0.39 is 0 Å². The van der Waals surface area contributed by atoms with Gasteiger partial charge in [-0.1, -0.05) is 18.2 Å². The number of benzene rings is 1. The highest BCUT2D eigenvalue weighted by Gasteiger charge is 1.72. The van der Waals surface area contributed by atoms with Gasteiger partial charge in [0, 0.05) is 18.1 Å². The van der Waals surface area contributed by atoms with Crippen LogP contribution in [0.3, 0.4) is 0 Å². The van der Waals surface area contributed by atoms with Crippen LogP contribution < -0.4 is 5.73 Å². The summed E-state index contributed by atoms with van der Waals surface area (Å²) in [6, 6.07) is 11.3. The van der Waals surface area contributed by atoms with E-state index in [2.05, 4.69) is 9.97 Å². The lowest BCUT2D eigenvalue weighted by Crippen LogP contribution is -1.79. The summed E-state index contributed by atoms with van der Waals surface area (Å²) in [6.07, 6.45) is 4.88. The maximum Gasteiger partial charge on any atom is 0.115 e. The standard InChI is InChI=1S/C6H7N.C4H4N2/c7-6-4-2-1-3-5-6;1-2-5-4-6-3-1/h1-5H,7H2;1-4H. The van der Waals surface area contributed by atoms with Crippen LogP contribution in [0, 0.1) is 0 Å². The highest BCUT2D eigenvalue weighted by molar-refractivity contribution is 5.35. The van der Waals surface area contributed by atoms with E-state index in [0.717, 1.165) is 5.69 Å². The topological polar surface area (TPSA) is 51.8 Å². The molecule has 0 bridgehead atoms. The average molecular weight is 173 g/mol. The van der Waals surface area contributed by atoms with Gasteiger partial charge < -0.3 is 5.73 Å². The Balaban J connectivity index is 0.000000132. The molecule has 1 aromatic carbocycles. The number of nitrogens with two attached hydrogens (primary N) is 1. The lowest BCUT2D eigenvalue weighted by Gasteiger charge is -1.83. The van der Waals surface area contributed by atoms with Crippen LogP contribution in [0.1, 0.15) is 0 Å². The van der Waals surface area contributed by atoms with E-state index in [0.29, 0.717) is 0 Å². The van der Waals surface area contributed by atoms with Gasteiger partial charge in [-0.25, -0.2) is 9.97 Å². The third kappa shape index (κ3) is 4.53. The Morgan fingerprint density at radius 2 is 1.46 bits per heavy atom. The molecule has 0 fully saturated rings. The molecule has 3 heteroatoms. The van der Waals surface area contributed by atoms with Crippen molar-refractivity contribution in [3.05, 3.63) is 55.1 Å². The Morgan fingerprint density at radius 3 is 1.69 bits per heavy atom. The molecule has 0 atom stereocenters. The molecule has 1 aromatic heterocycles. The summed E-state index contributed by atoms with van der Waals surface area (Å²) in [6.45, 7) is 0. The van der Waals surface area contributed by atoms with Crippen molar-refractivity contribution in [3.63, 3.8) is 0 Å². The van der Waals surface area contributed by atoms with Crippen LogP contribution in [-0.2, 0) is 0 Å². The Morgan fingerprint density at radius 1 is 0.846 bits per heavy atom. The number of aromatic nitrogens is 2.